The van der Waals surface area contributed by atoms with Crippen molar-refractivity contribution in [1.29, 1.82) is 0 Å². The predicted octanol–water partition coefficient (Wildman–Crippen LogP) is 2.64. The van der Waals surface area contributed by atoms with Crippen LogP contribution in [0.3, 0.4) is 0 Å². The molecular weight excluding hydrogens is 254 g/mol. The summed E-state index contributed by atoms with van der Waals surface area (Å²) in [7, 11) is 0. The van der Waals surface area contributed by atoms with E-state index in [4.69, 9.17) is 5.11 Å². The Bertz CT molecular complexity index is 485. The van der Waals surface area contributed by atoms with Gasteiger partial charge in [-0.15, -0.1) is 0 Å². The van der Waals surface area contributed by atoms with Crippen molar-refractivity contribution in [2.45, 2.75) is 46.6 Å². The molecule has 0 bridgehead atoms. The molecule has 0 aliphatic rings. The quantitative estimate of drug-likeness (QED) is 0.752. The topological polar surface area (TPSA) is 66.4 Å². The van der Waals surface area contributed by atoms with Crippen molar-refractivity contribution in [2.75, 3.05) is 6.54 Å². The minimum Gasteiger partial charge on any atom is -0.481 e. The average Bonchev–Trinajstić information content (AvgIpc) is 2.32. The molecule has 1 unspecified atom stereocenters. The first-order valence-electron chi connectivity index (χ1n) is 6.94. The van der Waals surface area contributed by atoms with E-state index in [1.807, 2.05) is 39.8 Å². The number of carbonyl (C=O) groups is 2. The van der Waals surface area contributed by atoms with Gasteiger partial charge in [-0.1, -0.05) is 24.6 Å². The maximum absolute atomic E-state index is 12.6. The Kier molecular flexibility index (Phi) is 5.89. The SMILES string of the molecule is CCCNC(CC(=O)O)C(=O)c1c(C)cc(C)cc1C. The van der Waals surface area contributed by atoms with E-state index in [0.717, 1.165) is 23.1 Å². The van der Waals surface area contributed by atoms with Crippen molar-refractivity contribution in [1.82, 2.24) is 5.32 Å². The number of carbonyl (C=O) groups excluding carboxylic acids is 1. The van der Waals surface area contributed by atoms with Crippen LogP contribution in [0.15, 0.2) is 12.1 Å². The first-order valence-corrected chi connectivity index (χ1v) is 6.94. The third kappa shape index (κ3) is 4.17. The Balaban J connectivity index is 3.08. The molecule has 0 saturated heterocycles. The Morgan fingerprint density at radius 1 is 1.20 bits per heavy atom. The Morgan fingerprint density at radius 3 is 2.20 bits per heavy atom. The van der Waals surface area contributed by atoms with Gasteiger partial charge in [-0.05, 0) is 44.9 Å². The highest BCUT2D eigenvalue weighted by atomic mass is 16.4. The van der Waals surface area contributed by atoms with Gasteiger partial charge in [0, 0.05) is 5.56 Å². The smallest absolute Gasteiger partial charge is 0.305 e. The highest BCUT2D eigenvalue weighted by molar-refractivity contribution is 6.04. The lowest BCUT2D eigenvalue weighted by Crippen LogP contribution is -2.39. The fourth-order valence-electron chi connectivity index (χ4n) is 2.49. The maximum atomic E-state index is 12.6. The van der Waals surface area contributed by atoms with Gasteiger partial charge in [-0.2, -0.15) is 0 Å². The van der Waals surface area contributed by atoms with Crippen LogP contribution >= 0.6 is 0 Å². The largest absolute Gasteiger partial charge is 0.481 e. The number of aliphatic carboxylic acids is 1. The van der Waals surface area contributed by atoms with E-state index < -0.39 is 12.0 Å². The van der Waals surface area contributed by atoms with E-state index in [1.54, 1.807) is 0 Å². The van der Waals surface area contributed by atoms with Crippen LogP contribution in [0.4, 0.5) is 0 Å². The van der Waals surface area contributed by atoms with Gasteiger partial charge < -0.3 is 10.4 Å². The van der Waals surface area contributed by atoms with E-state index in [1.165, 1.54) is 0 Å². The normalized spacial score (nSPS) is 12.2. The van der Waals surface area contributed by atoms with Crippen LogP contribution < -0.4 is 5.32 Å². The number of aryl methyl sites for hydroxylation is 3. The number of rotatable bonds is 7. The van der Waals surface area contributed by atoms with E-state index in [9.17, 15) is 9.59 Å². The number of benzene rings is 1. The molecule has 1 aromatic carbocycles. The minimum atomic E-state index is -0.964. The second kappa shape index (κ2) is 7.20. The van der Waals surface area contributed by atoms with Crippen molar-refractivity contribution in [3.8, 4) is 0 Å². The van der Waals surface area contributed by atoms with Gasteiger partial charge in [0.2, 0.25) is 0 Å². The summed E-state index contributed by atoms with van der Waals surface area (Å²) in [5.41, 5.74) is 3.56. The first kappa shape index (κ1) is 16.4. The lowest BCUT2D eigenvalue weighted by Gasteiger charge is -2.18. The summed E-state index contributed by atoms with van der Waals surface area (Å²) in [6.45, 7) is 8.39. The van der Waals surface area contributed by atoms with Crippen LogP contribution in [0.1, 0.15) is 46.8 Å². The molecule has 1 rings (SSSR count). The van der Waals surface area contributed by atoms with Gasteiger partial charge in [0.15, 0.2) is 5.78 Å². The second-order valence-corrected chi connectivity index (χ2v) is 5.24. The van der Waals surface area contributed by atoms with Gasteiger partial charge in [0.05, 0.1) is 12.5 Å². The van der Waals surface area contributed by atoms with Gasteiger partial charge >= 0.3 is 5.97 Å². The molecular formula is C16H23NO3. The molecule has 1 atom stereocenters. The highest BCUT2D eigenvalue weighted by Crippen LogP contribution is 2.19. The Hall–Kier alpha value is -1.68. The summed E-state index contributed by atoms with van der Waals surface area (Å²) in [4.78, 5) is 23.6. The van der Waals surface area contributed by atoms with Gasteiger partial charge in [0.1, 0.15) is 0 Å². The lowest BCUT2D eigenvalue weighted by molar-refractivity contribution is -0.137. The minimum absolute atomic E-state index is 0.129. The van der Waals surface area contributed by atoms with Crippen LogP contribution in [-0.2, 0) is 4.79 Å². The molecule has 0 spiro atoms. The number of ketones is 1. The van der Waals surface area contributed by atoms with E-state index in [2.05, 4.69) is 5.32 Å². The van der Waals surface area contributed by atoms with Crippen LogP contribution in [0.2, 0.25) is 0 Å². The molecule has 0 aromatic heterocycles. The van der Waals surface area contributed by atoms with Gasteiger partial charge in [-0.25, -0.2) is 0 Å². The molecule has 0 heterocycles. The molecule has 2 N–H and O–H groups in total. The third-order valence-corrected chi connectivity index (χ3v) is 3.26. The van der Waals surface area contributed by atoms with Crippen LogP contribution in [0, 0.1) is 20.8 Å². The molecule has 110 valence electrons. The summed E-state index contributed by atoms with van der Waals surface area (Å²) in [5.74, 6) is -1.09. The molecule has 0 radical (unpaired) electrons. The molecule has 4 heteroatoms. The fourth-order valence-corrected chi connectivity index (χ4v) is 2.49. The average molecular weight is 277 g/mol. The fraction of sp³-hybridized carbons (Fsp3) is 0.500. The number of hydrogen-bond acceptors (Lipinski definition) is 3. The summed E-state index contributed by atoms with van der Waals surface area (Å²) < 4.78 is 0. The maximum Gasteiger partial charge on any atom is 0.305 e. The van der Waals surface area contributed by atoms with Gasteiger partial charge in [-0.3, -0.25) is 9.59 Å². The Morgan fingerprint density at radius 2 is 1.75 bits per heavy atom. The van der Waals surface area contributed by atoms with Crippen molar-refractivity contribution < 1.29 is 14.7 Å². The standard InChI is InChI=1S/C16H23NO3/c1-5-6-17-13(9-14(18)19)16(20)15-11(3)7-10(2)8-12(15)4/h7-8,13,17H,5-6,9H2,1-4H3,(H,18,19). The number of nitrogens with one attached hydrogen (secondary N) is 1. The van der Waals surface area contributed by atoms with Crippen LogP contribution in [0.25, 0.3) is 0 Å². The van der Waals surface area contributed by atoms with Gasteiger partial charge in [0.25, 0.3) is 0 Å². The molecule has 1 aromatic rings. The summed E-state index contributed by atoms with van der Waals surface area (Å²) >= 11 is 0. The summed E-state index contributed by atoms with van der Waals surface area (Å²) in [6.07, 6.45) is 0.668. The zero-order valence-corrected chi connectivity index (χ0v) is 12.6. The van der Waals surface area contributed by atoms with Crippen LogP contribution in [-0.4, -0.2) is 29.4 Å². The molecule has 0 fully saturated rings. The summed E-state index contributed by atoms with van der Waals surface area (Å²) in [5, 5.41) is 12.0. The number of Topliss-reactive ketones (excluding diaryl/α,β-unsaturated/α-hetero) is 1. The van der Waals surface area contributed by atoms with E-state index in [0.29, 0.717) is 12.1 Å². The second-order valence-electron chi connectivity index (χ2n) is 5.24. The van der Waals surface area contributed by atoms with Crippen molar-refractivity contribution in [3.05, 3.63) is 34.4 Å². The monoisotopic (exact) mass is 277 g/mol. The van der Waals surface area contributed by atoms with Crippen molar-refractivity contribution >= 4 is 11.8 Å². The third-order valence-electron chi connectivity index (χ3n) is 3.26. The van der Waals surface area contributed by atoms with Crippen molar-refractivity contribution in [2.24, 2.45) is 0 Å². The summed E-state index contributed by atoms with van der Waals surface area (Å²) in [6, 6.07) is 3.25. The first-order chi connectivity index (χ1) is 9.36. The molecule has 0 aliphatic carbocycles. The number of carboxylic acid groups (broad SMARTS) is 1. The molecule has 4 nitrogen and oxygen atoms in total. The molecule has 0 saturated carbocycles. The molecule has 0 amide bonds. The molecule has 20 heavy (non-hydrogen) atoms. The molecule has 0 aliphatic heterocycles. The van der Waals surface area contributed by atoms with E-state index in [-0.39, 0.29) is 12.2 Å². The number of hydrogen-bond donors (Lipinski definition) is 2. The zero-order chi connectivity index (χ0) is 15.3. The lowest BCUT2D eigenvalue weighted by atomic mass is 9.92. The van der Waals surface area contributed by atoms with Crippen molar-refractivity contribution in [3.63, 3.8) is 0 Å². The van der Waals surface area contributed by atoms with Crippen LogP contribution in [0.5, 0.6) is 0 Å². The number of carboxylic acids is 1. The highest BCUT2D eigenvalue weighted by Gasteiger charge is 2.24. The Labute approximate surface area is 120 Å². The zero-order valence-electron chi connectivity index (χ0n) is 12.6. The van der Waals surface area contributed by atoms with E-state index >= 15 is 0 Å². The predicted molar refractivity (Wildman–Crippen MR) is 79.3 cm³/mol.